The van der Waals surface area contributed by atoms with Crippen LogP contribution in [0, 0.1) is 0 Å². The fraction of sp³-hybridized carbons (Fsp3) is 0.375. The van der Waals surface area contributed by atoms with Crippen molar-refractivity contribution in [2.75, 3.05) is 44.0 Å². The summed E-state index contributed by atoms with van der Waals surface area (Å²) in [5, 5.41) is 2.98. The maximum atomic E-state index is 14.2. The first-order valence-corrected chi connectivity index (χ1v) is 16.2. The summed E-state index contributed by atoms with van der Waals surface area (Å²) in [6, 6.07) is 20.5. The number of anilines is 1. The molecule has 11 heteroatoms. The largest absolute Gasteiger partial charge is 0.497 e. The Morgan fingerprint density at radius 2 is 1.67 bits per heavy atom. The zero-order valence-electron chi connectivity index (χ0n) is 24.8. The summed E-state index contributed by atoms with van der Waals surface area (Å²) < 4.78 is 43.8. The van der Waals surface area contributed by atoms with Gasteiger partial charge in [0.05, 0.1) is 19.1 Å². The van der Waals surface area contributed by atoms with Crippen molar-refractivity contribution in [3.05, 3.63) is 83.9 Å². The number of sulfonamides is 1. The predicted molar refractivity (Wildman–Crippen MR) is 165 cm³/mol. The molecule has 1 N–H and O–H groups in total. The van der Waals surface area contributed by atoms with Gasteiger partial charge in [0, 0.05) is 25.6 Å². The van der Waals surface area contributed by atoms with E-state index < -0.39 is 28.5 Å². The highest BCUT2D eigenvalue weighted by Crippen LogP contribution is 2.35. The Labute approximate surface area is 253 Å². The molecule has 0 saturated heterocycles. The highest BCUT2D eigenvalue weighted by molar-refractivity contribution is 7.92. The van der Waals surface area contributed by atoms with Crippen LogP contribution in [0.25, 0.3) is 0 Å². The lowest BCUT2D eigenvalue weighted by molar-refractivity contribution is -0.140. The van der Waals surface area contributed by atoms with Gasteiger partial charge in [-0.25, -0.2) is 8.42 Å². The highest BCUT2D eigenvalue weighted by Gasteiger charge is 2.33. The number of carbonyl (C=O) groups is 2. The maximum Gasteiger partial charge on any atom is 0.244 e. The lowest BCUT2D eigenvalue weighted by Gasteiger charge is -2.33. The van der Waals surface area contributed by atoms with Gasteiger partial charge in [-0.15, -0.1) is 0 Å². The van der Waals surface area contributed by atoms with Gasteiger partial charge in [0.1, 0.15) is 31.5 Å². The Morgan fingerprint density at radius 1 is 0.953 bits per heavy atom. The number of amides is 2. The fourth-order valence-corrected chi connectivity index (χ4v) is 5.67. The van der Waals surface area contributed by atoms with E-state index in [2.05, 4.69) is 5.32 Å². The van der Waals surface area contributed by atoms with E-state index in [9.17, 15) is 18.0 Å². The van der Waals surface area contributed by atoms with Crippen molar-refractivity contribution in [1.29, 1.82) is 0 Å². The molecule has 10 nitrogen and oxygen atoms in total. The van der Waals surface area contributed by atoms with Crippen LogP contribution < -0.4 is 23.8 Å². The second-order valence-corrected chi connectivity index (χ2v) is 12.2. The molecule has 0 fully saturated rings. The van der Waals surface area contributed by atoms with Crippen LogP contribution in [-0.2, 0) is 32.6 Å². The van der Waals surface area contributed by atoms with Gasteiger partial charge in [0.15, 0.2) is 11.5 Å². The van der Waals surface area contributed by atoms with Crippen molar-refractivity contribution >= 4 is 27.5 Å². The smallest absolute Gasteiger partial charge is 0.244 e. The Bertz CT molecular complexity index is 1500. The Balaban J connectivity index is 1.72. The van der Waals surface area contributed by atoms with Crippen LogP contribution in [0.3, 0.4) is 0 Å². The number of methoxy groups -OCH3 is 1. The summed E-state index contributed by atoms with van der Waals surface area (Å²) in [7, 11) is -2.36. The van der Waals surface area contributed by atoms with Crippen molar-refractivity contribution < 1.29 is 32.2 Å². The quantitative estimate of drug-likeness (QED) is 0.277. The third-order valence-corrected chi connectivity index (χ3v) is 8.22. The van der Waals surface area contributed by atoms with Gasteiger partial charge in [0.25, 0.3) is 0 Å². The van der Waals surface area contributed by atoms with Crippen LogP contribution in [0.5, 0.6) is 17.2 Å². The van der Waals surface area contributed by atoms with Crippen LogP contribution in [0.4, 0.5) is 5.69 Å². The first-order chi connectivity index (χ1) is 20.7. The zero-order chi connectivity index (χ0) is 30.8. The fourth-order valence-electron chi connectivity index (χ4n) is 4.83. The number of hydrogen-bond donors (Lipinski definition) is 1. The lowest BCUT2D eigenvalue weighted by Crippen LogP contribution is -2.53. The molecule has 43 heavy (non-hydrogen) atoms. The number of unbranched alkanes of at least 4 members (excludes halogenated alkanes) is 1. The lowest BCUT2D eigenvalue weighted by atomic mass is 10.0. The van der Waals surface area contributed by atoms with Crippen LogP contribution in [0.1, 0.15) is 30.9 Å². The average molecular weight is 610 g/mol. The highest BCUT2D eigenvalue weighted by atomic mass is 32.2. The number of ether oxygens (including phenoxy) is 3. The average Bonchev–Trinajstić information content (AvgIpc) is 3.01. The molecule has 1 atom stereocenters. The molecule has 3 aromatic rings. The second kappa shape index (κ2) is 14.8. The monoisotopic (exact) mass is 609 g/mol. The van der Waals surface area contributed by atoms with Crippen LogP contribution in [0.2, 0.25) is 0 Å². The summed E-state index contributed by atoms with van der Waals surface area (Å²) in [6.45, 7) is 2.77. The SMILES string of the molecule is CCCCNC(=O)[C@@H](Cc1ccccc1)N(Cc1cccc(OC)c1)C(=O)CN(c1ccc2c(c1)OCCO2)S(C)(=O)=O. The molecule has 0 spiro atoms. The number of nitrogens with one attached hydrogen (secondary N) is 1. The molecular weight excluding hydrogens is 570 g/mol. The van der Waals surface area contributed by atoms with Crippen molar-refractivity contribution in [2.45, 2.75) is 38.8 Å². The molecule has 3 aromatic carbocycles. The number of rotatable bonds is 14. The minimum atomic E-state index is -3.91. The number of hydrogen-bond acceptors (Lipinski definition) is 7. The third kappa shape index (κ3) is 8.63. The first kappa shape index (κ1) is 31.7. The molecule has 4 rings (SSSR count). The van der Waals surface area contributed by atoms with E-state index in [1.165, 1.54) is 4.90 Å². The molecular formula is C32H39N3O7S. The van der Waals surface area contributed by atoms with E-state index >= 15 is 0 Å². The van der Waals surface area contributed by atoms with Gasteiger partial charge < -0.3 is 24.4 Å². The number of benzene rings is 3. The predicted octanol–water partition coefficient (Wildman–Crippen LogP) is 3.79. The summed E-state index contributed by atoms with van der Waals surface area (Å²) in [5.74, 6) is 0.663. The van der Waals surface area contributed by atoms with E-state index in [4.69, 9.17) is 14.2 Å². The van der Waals surface area contributed by atoms with E-state index in [-0.39, 0.29) is 24.6 Å². The molecule has 230 valence electrons. The summed E-state index contributed by atoms with van der Waals surface area (Å²) in [5.41, 5.74) is 1.86. The van der Waals surface area contributed by atoms with Crippen molar-refractivity contribution in [3.8, 4) is 17.2 Å². The molecule has 1 aliphatic heterocycles. The van der Waals surface area contributed by atoms with Gasteiger partial charge >= 0.3 is 0 Å². The summed E-state index contributed by atoms with van der Waals surface area (Å²) >= 11 is 0. The van der Waals surface area contributed by atoms with Gasteiger partial charge in [-0.1, -0.05) is 55.8 Å². The van der Waals surface area contributed by atoms with Crippen molar-refractivity contribution in [1.82, 2.24) is 10.2 Å². The standard InChI is InChI=1S/C32H39N3O7S/c1-4-5-16-33-32(37)28(20-24-10-7-6-8-11-24)34(22-25-12-9-13-27(19-25)40-2)31(36)23-35(43(3,38)39)26-14-15-29-30(21-26)42-18-17-41-29/h6-15,19,21,28H,4-5,16-18,20,22-23H2,1-3H3,(H,33,37)/t28-/m1/s1. The molecule has 0 radical (unpaired) electrons. The van der Waals surface area contributed by atoms with Gasteiger partial charge in [-0.05, 0) is 41.8 Å². The molecule has 1 aliphatic rings. The number of nitrogens with zero attached hydrogens (tertiary/aromatic N) is 2. The Kier molecular flexibility index (Phi) is 10.9. The molecule has 0 bridgehead atoms. The molecule has 1 heterocycles. The van der Waals surface area contributed by atoms with E-state index in [1.807, 2.05) is 49.4 Å². The van der Waals surface area contributed by atoms with Gasteiger partial charge in [-0.3, -0.25) is 13.9 Å². The normalized spacial score (nSPS) is 13.1. The van der Waals surface area contributed by atoms with Crippen LogP contribution >= 0.6 is 0 Å². The molecule has 0 saturated carbocycles. The third-order valence-electron chi connectivity index (χ3n) is 7.08. The summed E-state index contributed by atoms with van der Waals surface area (Å²) in [6.07, 6.45) is 2.98. The van der Waals surface area contributed by atoms with Crippen molar-refractivity contribution in [3.63, 3.8) is 0 Å². The van der Waals surface area contributed by atoms with Crippen LogP contribution in [0.15, 0.2) is 72.8 Å². The maximum absolute atomic E-state index is 14.2. The van der Waals surface area contributed by atoms with Crippen LogP contribution in [-0.4, -0.2) is 70.8 Å². The number of fused-ring (bicyclic) bond motifs is 1. The number of carbonyl (C=O) groups excluding carboxylic acids is 2. The molecule has 0 unspecified atom stereocenters. The minimum absolute atomic E-state index is 0.0630. The Hall–Kier alpha value is -4.25. The van der Waals surface area contributed by atoms with E-state index in [0.717, 1.165) is 34.5 Å². The van der Waals surface area contributed by atoms with Gasteiger partial charge in [0.2, 0.25) is 21.8 Å². The zero-order valence-corrected chi connectivity index (χ0v) is 25.6. The topological polar surface area (TPSA) is 114 Å². The van der Waals surface area contributed by atoms with E-state index in [0.29, 0.717) is 37.0 Å². The van der Waals surface area contributed by atoms with E-state index in [1.54, 1.807) is 37.4 Å². The first-order valence-electron chi connectivity index (χ1n) is 14.3. The Morgan fingerprint density at radius 3 is 2.37 bits per heavy atom. The molecule has 0 aliphatic carbocycles. The van der Waals surface area contributed by atoms with Crippen molar-refractivity contribution in [2.24, 2.45) is 0 Å². The van der Waals surface area contributed by atoms with Gasteiger partial charge in [-0.2, -0.15) is 0 Å². The summed E-state index contributed by atoms with van der Waals surface area (Å²) in [4.78, 5) is 29.4. The molecule has 0 aromatic heterocycles. The molecule has 2 amide bonds. The minimum Gasteiger partial charge on any atom is -0.497 e. The second-order valence-electron chi connectivity index (χ2n) is 10.3.